The highest BCUT2D eigenvalue weighted by Gasteiger charge is 2.17. The molecule has 0 radical (unpaired) electrons. The molecule has 1 heterocycles. The van der Waals surface area contributed by atoms with Crippen LogP contribution in [0.1, 0.15) is 27.2 Å². The first kappa shape index (κ1) is 11.9. The van der Waals surface area contributed by atoms with E-state index in [2.05, 4.69) is 24.2 Å². The van der Waals surface area contributed by atoms with E-state index in [0.29, 0.717) is 5.25 Å². The van der Waals surface area contributed by atoms with Gasteiger partial charge in [-0.1, -0.05) is 18.7 Å². The predicted octanol–water partition coefficient (Wildman–Crippen LogP) is 1.88. The van der Waals surface area contributed by atoms with E-state index in [1.54, 1.807) is 0 Å². The minimum Gasteiger partial charge on any atom is -0.377 e. The Morgan fingerprint density at radius 2 is 2.43 bits per heavy atom. The molecule has 1 rings (SSSR count). The molecule has 1 N–H and O–H groups in total. The fourth-order valence-electron chi connectivity index (χ4n) is 1.30. The molecule has 0 aliphatic carbocycles. The van der Waals surface area contributed by atoms with Crippen LogP contribution in [0.4, 0.5) is 0 Å². The number of ether oxygens (including phenoxy) is 1. The number of aliphatic imine (C=N–C) groups is 1. The maximum absolute atomic E-state index is 5.43. The van der Waals surface area contributed by atoms with Crippen LogP contribution in [0.3, 0.4) is 0 Å². The Kier molecular flexibility index (Phi) is 5.33. The molecule has 0 fully saturated rings. The molecule has 0 saturated carbocycles. The predicted molar refractivity (Wildman–Crippen MR) is 63.1 cm³/mol. The number of hydrogen-bond acceptors (Lipinski definition) is 4. The van der Waals surface area contributed by atoms with Crippen molar-refractivity contribution in [3.05, 3.63) is 0 Å². The second-order valence-electron chi connectivity index (χ2n) is 3.44. The molecule has 14 heavy (non-hydrogen) atoms. The summed E-state index contributed by atoms with van der Waals surface area (Å²) in [6.07, 6.45) is 1.46. The van der Waals surface area contributed by atoms with E-state index in [9.17, 15) is 0 Å². The van der Waals surface area contributed by atoms with E-state index in [1.165, 1.54) is 6.42 Å². The Hall–Kier alpha value is -0.220. The van der Waals surface area contributed by atoms with Gasteiger partial charge in [-0.25, -0.2) is 0 Å². The number of amidine groups is 1. The number of thioether (sulfide) groups is 1. The van der Waals surface area contributed by atoms with E-state index in [1.807, 2.05) is 18.7 Å². The van der Waals surface area contributed by atoms with Crippen molar-refractivity contribution in [2.24, 2.45) is 4.99 Å². The maximum Gasteiger partial charge on any atom is 0.157 e. The summed E-state index contributed by atoms with van der Waals surface area (Å²) in [5.74, 6) is 0. The highest BCUT2D eigenvalue weighted by molar-refractivity contribution is 8.14. The van der Waals surface area contributed by atoms with Crippen LogP contribution in [0.2, 0.25) is 0 Å². The second-order valence-corrected chi connectivity index (χ2v) is 4.73. The van der Waals surface area contributed by atoms with Gasteiger partial charge in [0.1, 0.15) is 0 Å². The van der Waals surface area contributed by atoms with Crippen LogP contribution < -0.4 is 5.32 Å². The molecule has 0 aromatic carbocycles. The fraction of sp³-hybridized carbons (Fsp3) is 0.900. The average Bonchev–Trinajstić information content (AvgIpc) is 2.63. The van der Waals surface area contributed by atoms with Crippen molar-refractivity contribution in [2.75, 3.05) is 19.7 Å². The summed E-state index contributed by atoms with van der Waals surface area (Å²) in [4.78, 5) is 4.43. The molecule has 2 unspecified atom stereocenters. The standard InChI is InChI=1S/C10H20N2OS/c1-4-9-7-12-10(14-9)11-6-8(3)13-5-2/h8-9H,4-7H2,1-3H3,(H,11,12). The summed E-state index contributed by atoms with van der Waals surface area (Å²) in [6.45, 7) is 8.90. The number of rotatable bonds is 5. The van der Waals surface area contributed by atoms with Gasteiger partial charge in [0.2, 0.25) is 0 Å². The van der Waals surface area contributed by atoms with Crippen LogP contribution in [-0.4, -0.2) is 36.2 Å². The minimum absolute atomic E-state index is 0.268. The minimum atomic E-state index is 0.268. The first-order chi connectivity index (χ1) is 6.76. The smallest absolute Gasteiger partial charge is 0.157 e. The van der Waals surface area contributed by atoms with E-state index in [-0.39, 0.29) is 6.10 Å². The zero-order valence-corrected chi connectivity index (χ0v) is 10.1. The van der Waals surface area contributed by atoms with Gasteiger partial charge in [0.05, 0.1) is 12.6 Å². The molecule has 0 aromatic heterocycles. The quantitative estimate of drug-likeness (QED) is 0.762. The Bertz CT molecular complexity index is 197. The molecular weight excluding hydrogens is 196 g/mol. The molecule has 0 aromatic rings. The van der Waals surface area contributed by atoms with Gasteiger partial charge in [-0.2, -0.15) is 0 Å². The summed E-state index contributed by atoms with van der Waals surface area (Å²) in [7, 11) is 0. The molecule has 0 spiro atoms. The van der Waals surface area contributed by atoms with Gasteiger partial charge >= 0.3 is 0 Å². The molecule has 3 nitrogen and oxygen atoms in total. The fourth-order valence-corrected chi connectivity index (χ4v) is 2.25. The third-order valence-electron chi connectivity index (χ3n) is 2.16. The Labute approximate surface area is 90.7 Å². The number of hydrogen-bond donors (Lipinski definition) is 1. The van der Waals surface area contributed by atoms with Crippen LogP contribution in [0.5, 0.6) is 0 Å². The highest BCUT2D eigenvalue weighted by atomic mass is 32.2. The van der Waals surface area contributed by atoms with Gasteiger partial charge in [0, 0.05) is 18.4 Å². The summed E-state index contributed by atoms with van der Waals surface area (Å²) in [5, 5.41) is 5.09. The van der Waals surface area contributed by atoms with Gasteiger partial charge in [0.25, 0.3) is 0 Å². The summed E-state index contributed by atoms with van der Waals surface area (Å²) < 4.78 is 5.43. The van der Waals surface area contributed by atoms with E-state index < -0.39 is 0 Å². The van der Waals surface area contributed by atoms with Crippen molar-refractivity contribution in [1.29, 1.82) is 0 Å². The van der Waals surface area contributed by atoms with E-state index in [0.717, 1.165) is 24.9 Å². The number of nitrogens with one attached hydrogen (secondary N) is 1. The topological polar surface area (TPSA) is 33.6 Å². The van der Waals surface area contributed by atoms with Gasteiger partial charge < -0.3 is 10.1 Å². The highest BCUT2D eigenvalue weighted by Crippen LogP contribution is 2.21. The first-order valence-electron chi connectivity index (χ1n) is 5.32. The Balaban J connectivity index is 2.13. The SMILES string of the molecule is CCOC(C)CNC1=NCC(CC)S1. The monoisotopic (exact) mass is 216 g/mol. The first-order valence-corrected chi connectivity index (χ1v) is 6.20. The average molecular weight is 216 g/mol. The van der Waals surface area contributed by atoms with E-state index >= 15 is 0 Å². The normalized spacial score (nSPS) is 23.4. The maximum atomic E-state index is 5.43. The van der Waals surface area contributed by atoms with Crippen LogP contribution in [0, 0.1) is 0 Å². The lowest BCUT2D eigenvalue weighted by Gasteiger charge is -2.13. The summed E-state index contributed by atoms with van der Waals surface area (Å²) in [6, 6.07) is 0. The van der Waals surface area contributed by atoms with Crippen molar-refractivity contribution >= 4 is 16.9 Å². The molecule has 0 saturated heterocycles. The summed E-state index contributed by atoms with van der Waals surface area (Å²) in [5.41, 5.74) is 0. The second kappa shape index (κ2) is 6.30. The Morgan fingerprint density at radius 3 is 3.00 bits per heavy atom. The molecule has 1 aliphatic rings. The largest absolute Gasteiger partial charge is 0.377 e. The van der Waals surface area contributed by atoms with Crippen LogP contribution in [-0.2, 0) is 4.74 Å². The lowest BCUT2D eigenvalue weighted by atomic mass is 10.3. The molecule has 2 atom stereocenters. The lowest BCUT2D eigenvalue weighted by molar-refractivity contribution is 0.0796. The van der Waals surface area contributed by atoms with Crippen LogP contribution in [0.15, 0.2) is 4.99 Å². The summed E-state index contributed by atoms with van der Waals surface area (Å²) >= 11 is 1.85. The third kappa shape index (κ3) is 3.88. The lowest BCUT2D eigenvalue weighted by Crippen LogP contribution is -2.30. The van der Waals surface area contributed by atoms with Crippen molar-refractivity contribution < 1.29 is 4.74 Å². The molecule has 0 amide bonds. The van der Waals surface area contributed by atoms with Crippen molar-refractivity contribution in [3.63, 3.8) is 0 Å². The van der Waals surface area contributed by atoms with Gasteiger partial charge in [-0.15, -0.1) is 0 Å². The molecule has 0 bridgehead atoms. The van der Waals surface area contributed by atoms with Gasteiger partial charge in [-0.05, 0) is 20.3 Å². The Morgan fingerprint density at radius 1 is 1.64 bits per heavy atom. The van der Waals surface area contributed by atoms with Gasteiger partial charge in [0.15, 0.2) is 5.17 Å². The van der Waals surface area contributed by atoms with Crippen LogP contribution >= 0.6 is 11.8 Å². The third-order valence-corrected chi connectivity index (χ3v) is 3.48. The molecular formula is C10H20N2OS. The molecule has 82 valence electrons. The molecule has 4 heteroatoms. The van der Waals surface area contributed by atoms with Crippen LogP contribution in [0.25, 0.3) is 0 Å². The van der Waals surface area contributed by atoms with Gasteiger partial charge in [-0.3, -0.25) is 4.99 Å². The van der Waals surface area contributed by atoms with Crippen molar-refractivity contribution in [2.45, 2.75) is 38.5 Å². The van der Waals surface area contributed by atoms with E-state index in [4.69, 9.17) is 4.74 Å². The zero-order chi connectivity index (χ0) is 10.4. The number of nitrogens with zero attached hydrogens (tertiary/aromatic N) is 1. The van der Waals surface area contributed by atoms with Crippen molar-refractivity contribution in [3.8, 4) is 0 Å². The van der Waals surface area contributed by atoms with Crippen molar-refractivity contribution in [1.82, 2.24) is 5.32 Å². The zero-order valence-electron chi connectivity index (χ0n) is 9.25. The molecule has 1 aliphatic heterocycles.